The van der Waals surface area contributed by atoms with Crippen molar-refractivity contribution in [2.75, 3.05) is 19.6 Å². The van der Waals surface area contributed by atoms with Crippen molar-refractivity contribution < 1.29 is 9.21 Å². The lowest BCUT2D eigenvalue weighted by atomic mass is 10.1. The van der Waals surface area contributed by atoms with E-state index in [0.29, 0.717) is 5.58 Å². The number of nitrogens with one attached hydrogen (secondary N) is 1. The van der Waals surface area contributed by atoms with Crippen LogP contribution in [0.5, 0.6) is 0 Å². The summed E-state index contributed by atoms with van der Waals surface area (Å²) in [6, 6.07) is 18.5. The molecule has 1 aliphatic rings. The molecule has 4 rings (SSSR count). The summed E-state index contributed by atoms with van der Waals surface area (Å²) >= 11 is 0. The number of para-hydroxylation sites is 1. The van der Waals surface area contributed by atoms with E-state index in [0.717, 1.165) is 30.6 Å². The number of fused-ring (bicyclic) bond motifs is 1. The molecule has 1 atom stereocenters. The Hall–Kier alpha value is -2.92. The third-order valence-corrected chi connectivity index (χ3v) is 5.03. The number of hydrogen-bond donors (Lipinski definition) is 1. The molecule has 27 heavy (non-hydrogen) atoms. The van der Waals surface area contributed by atoms with E-state index in [1.165, 1.54) is 12.8 Å². The van der Waals surface area contributed by atoms with Gasteiger partial charge in [0.25, 0.3) is 5.91 Å². The first-order valence-electron chi connectivity index (χ1n) is 9.32. The summed E-state index contributed by atoms with van der Waals surface area (Å²) in [4.78, 5) is 27.5. The number of amides is 1. The van der Waals surface area contributed by atoms with Gasteiger partial charge < -0.3 is 14.6 Å². The van der Waals surface area contributed by atoms with Gasteiger partial charge in [0.1, 0.15) is 11.1 Å². The number of benzene rings is 2. The number of hydrogen-bond acceptors (Lipinski definition) is 4. The minimum absolute atomic E-state index is 0.0380. The van der Waals surface area contributed by atoms with Gasteiger partial charge in [-0.3, -0.25) is 4.79 Å². The van der Waals surface area contributed by atoms with Gasteiger partial charge in [0.15, 0.2) is 0 Å². The molecule has 1 fully saturated rings. The van der Waals surface area contributed by atoms with Crippen molar-refractivity contribution in [2.45, 2.75) is 18.9 Å². The molecular formula is C22H22N2O3. The summed E-state index contributed by atoms with van der Waals surface area (Å²) in [7, 11) is 0. The van der Waals surface area contributed by atoms with Crippen LogP contribution in [-0.4, -0.2) is 30.4 Å². The minimum atomic E-state index is -0.612. The first-order valence-corrected chi connectivity index (χ1v) is 9.32. The van der Waals surface area contributed by atoms with E-state index in [-0.39, 0.29) is 11.6 Å². The molecule has 2 heterocycles. The molecule has 1 amide bonds. The lowest BCUT2D eigenvalue weighted by molar-refractivity contribution is 0.0923. The summed E-state index contributed by atoms with van der Waals surface area (Å²) in [5, 5.41) is 3.78. The van der Waals surface area contributed by atoms with Gasteiger partial charge in [-0.1, -0.05) is 48.5 Å². The van der Waals surface area contributed by atoms with Gasteiger partial charge in [-0.15, -0.1) is 0 Å². The lowest BCUT2D eigenvalue weighted by Crippen LogP contribution is -2.38. The average Bonchev–Trinajstić information content (AvgIpc) is 3.20. The van der Waals surface area contributed by atoms with Crippen molar-refractivity contribution in [3.05, 3.63) is 82.2 Å². The van der Waals surface area contributed by atoms with Crippen LogP contribution < -0.4 is 10.9 Å². The first-order chi connectivity index (χ1) is 13.2. The zero-order chi connectivity index (χ0) is 18.6. The highest BCUT2D eigenvalue weighted by Crippen LogP contribution is 2.19. The maximum Gasteiger partial charge on any atom is 0.349 e. The molecular weight excluding hydrogens is 340 g/mol. The molecule has 1 aliphatic heterocycles. The van der Waals surface area contributed by atoms with Crippen LogP contribution in [0.2, 0.25) is 0 Å². The third-order valence-electron chi connectivity index (χ3n) is 5.03. The Morgan fingerprint density at radius 1 is 1.04 bits per heavy atom. The molecule has 0 aliphatic carbocycles. The smallest absolute Gasteiger partial charge is 0.349 e. The topological polar surface area (TPSA) is 62.6 Å². The Bertz CT molecular complexity index is 991. The molecule has 3 aromatic rings. The Morgan fingerprint density at radius 3 is 2.52 bits per heavy atom. The number of likely N-dealkylation sites (tertiary alicyclic amines) is 1. The van der Waals surface area contributed by atoms with Crippen LogP contribution in [0, 0.1) is 0 Å². The second-order valence-corrected chi connectivity index (χ2v) is 6.93. The molecule has 0 spiro atoms. The van der Waals surface area contributed by atoms with Crippen LogP contribution in [0.4, 0.5) is 0 Å². The number of nitrogens with zero attached hydrogens (tertiary/aromatic N) is 1. The van der Waals surface area contributed by atoms with E-state index in [1.807, 2.05) is 42.5 Å². The molecule has 5 nitrogen and oxygen atoms in total. The summed E-state index contributed by atoms with van der Waals surface area (Å²) in [5.74, 6) is -0.400. The van der Waals surface area contributed by atoms with E-state index in [2.05, 4.69) is 10.2 Å². The predicted octanol–water partition coefficient (Wildman–Crippen LogP) is 3.36. The Balaban J connectivity index is 1.61. The summed E-state index contributed by atoms with van der Waals surface area (Å²) in [6.07, 6.45) is 2.37. The fourth-order valence-electron chi connectivity index (χ4n) is 3.60. The molecule has 0 unspecified atom stereocenters. The fraction of sp³-hybridized carbons (Fsp3) is 0.273. The van der Waals surface area contributed by atoms with Crippen molar-refractivity contribution in [3.8, 4) is 0 Å². The monoisotopic (exact) mass is 362 g/mol. The summed E-state index contributed by atoms with van der Waals surface area (Å²) in [5.41, 5.74) is 0.939. The number of carbonyl (C=O) groups excluding carboxylic acids is 1. The highest BCUT2D eigenvalue weighted by Gasteiger charge is 2.23. The Kier molecular flexibility index (Phi) is 5.03. The average molecular weight is 362 g/mol. The van der Waals surface area contributed by atoms with Gasteiger partial charge in [0.2, 0.25) is 0 Å². The maximum atomic E-state index is 12.9. The van der Waals surface area contributed by atoms with Crippen molar-refractivity contribution in [3.63, 3.8) is 0 Å². The SMILES string of the molecule is O=C(N[C@H](CN1CCCC1)c1ccccc1)c1cc2ccccc2oc1=O. The van der Waals surface area contributed by atoms with Crippen LogP contribution in [0.15, 0.2) is 69.9 Å². The Morgan fingerprint density at radius 2 is 1.74 bits per heavy atom. The predicted molar refractivity (Wildman–Crippen MR) is 105 cm³/mol. The van der Waals surface area contributed by atoms with E-state index < -0.39 is 11.5 Å². The zero-order valence-electron chi connectivity index (χ0n) is 15.1. The molecule has 1 aromatic heterocycles. The standard InChI is InChI=1S/C22H22N2O3/c25-21(18-14-17-10-4-5-11-20(17)27-22(18)26)23-19(15-24-12-6-7-13-24)16-8-2-1-3-9-16/h1-5,8-11,14,19H,6-7,12-13,15H2,(H,23,25)/t19-/m1/s1. The molecule has 1 N–H and O–H groups in total. The fourth-order valence-corrected chi connectivity index (χ4v) is 3.60. The molecule has 0 bridgehead atoms. The van der Waals surface area contributed by atoms with E-state index >= 15 is 0 Å². The number of carbonyl (C=O) groups is 1. The van der Waals surface area contributed by atoms with Gasteiger partial charge in [0, 0.05) is 11.9 Å². The highest BCUT2D eigenvalue weighted by molar-refractivity contribution is 5.96. The number of rotatable bonds is 5. The van der Waals surface area contributed by atoms with Gasteiger partial charge >= 0.3 is 5.63 Å². The van der Waals surface area contributed by atoms with Gasteiger partial charge in [-0.2, -0.15) is 0 Å². The summed E-state index contributed by atoms with van der Waals surface area (Å²) in [6.45, 7) is 2.81. The van der Waals surface area contributed by atoms with Crippen molar-refractivity contribution >= 4 is 16.9 Å². The molecule has 0 radical (unpaired) electrons. The zero-order valence-corrected chi connectivity index (χ0v) is 15.1. The highest BCUT2D eigenvalue weighted by atomic mass is 16.4. The van der Waals surface area contributed by atoms with E-state index in [9.17, 15) is 9.59 Å². The van der Waals surface area contributed by atoms with Crippen molar-refractivity contribution in [1.82, 2.24) is 10.2 Å². The molecule has 0 saturated carbocycles. The van der Waals surface area contributed by atoms with Crippen molar-refractivity contribution in [1.29, 1.82) is 0 Å². The quantitative estimate of drug-likeness (QED) is 0.707. The Labute approximate surface area is 157 Å². The van der Waals surface area contributed by atoms with Crippen LogP contribution in [0.25, 0.3) is 11.0 Å². The normalized spacial score (nSPS) is 15.7. The lowest BCUT2D eigenvalue weighted by Gasteiger charge is -2.24. The maximum absolute atomic E-state index is 12.9. The minimum Gasteiger partial charge on any atom is -0.422 e. The largest absolute Gasteiger partial charge is 0.422 e. The third kappa shape index (κ3) is 3.93. The second kappa shape index (κ2) is 7.76. The van der Waals surface area contributed by atoms with Gasteiger partial charge in [-0.25, -0.2) is 4.79 Å². The molecule has 5 heteroatoms. The summed E-state index contributed by atoms with van der Waals surface area (Å²) < 4.78 is 5.31. The molecule has 138 valence electrons. The van der Waals surface area contributed by atoms with Crippen LogP contribution >= 0.6 is 0 Å². The van der Waals surface area contributed by atoms with E-state index in [1.54, 1.807) is 18.2 Å². The van der Waals surface area contributed by atoms with Crippen LogP contribution in [0.3, 0.4) is 0 Å². The van der Waals surface area contributed by atoms with Gasteiger partial charge in [0.05, 0.1) is 6.04 Å². The van der Waals surface area contributed by atoms with Gasteiger partial charge in [-0.05, 0) is 43.6 Å². The molecule has 2 aromatic carbocycles. The first kappa shape index (κ1) is 17.5. The van der Waals surface area contributed by atoms with Crippen molar-refractivity contribution in [2.24, 2.45) is 0 Å². The van der Waals surface area contributed by atoms with Crippen LogP contribution in [0.1, 0.15) is 34.8 Å². The molecule has 1 saturated heterocycles. The second-order valence-electron chi connectivity index (χ2n) is 6.93. The van der Waals surface area contributed by atoms with Crippen LogP contribution in [-0.2, 0) is 0 Å². The van der Waals surface area contributed by atoms with E-state index in [4.69, 9.17) is 4.42 Å².